The first-order chi connectivity index (χ1) is 11.2. The number of halogens is 1. The zero-order chi connectivity index (χ0) is 18.0. The summed E-state index contributed by atoms with van der Waals surface area (Å²) in [4.78, 5) is 37.9. The smallest absolute Gasteiger partial charge is 0.325 e. The van der Waals surface area contributed by atoms with Gasteiger partial charge < -0.3 is 16.0 Å². The van der Waals surface area contributed by atoms with Crippen LogP contribution < -0.4 is 16.0 Å². The van der Waals surface area contributed by atoms with Crippen molar-refractivity contribution in [3.63, 3.8) is 0 Å². The minimum absolute atomic E-state index is 0. The van der Waals surface area contributed by atoms with Gasteiger partial charge in [0.1, 0.15) is 12.1 Å². The summed E-state index contributed by atoms with van der Waals surface area (Å²) in [5.74, 6) is -0.00970. The van der Waals surface area contributed by atoms with E-state index in [1.54, 1.807) is 7.05 Å². The van der Waals surface area contributed by atoms with Gasteiger partial charge in [-0.05, 0) is 44.1 Å². The van der Waals surface area contributed by atoms with E-state index in [1.165, 1.54) is 0 Å². The summed E-state index contributed by atoms with van der Waals surface area (Å²) < 4.78 is 0. The number of amides is 4. The Kier molecular flexibility index (Phi) is 7.26. The van der Waals surface area contributed by atoms with Gasteiger partial charge in [-0.1, -0.05) is 20.8 Å². The normalized spacial score (nSPS) is 26.4. The van der Waals surface area contributed by atoms with Crippen LogP contribution in [0.4, 0.5) is 4.79 Å². The number of hydrogen-bond acceptors (Lipinski definition) is 4. The molecule has 4 amide bonds. The molecule has 2 rings (SSSR count). The van der Waals surface area contributed by atoms with Crippen LogP contribution >= 0.6 is 12.4 Å². The molecule has 25 heavy (non-hydrogen) atoms. The molecule has 1 heterocycles. The minimum atomic E-state index is -0.802. The van der Waals surface area contributed by atoms with Crippen molar-refractivity contribution in [2.45, 2.75) is 52.0 Å². The summed E-state index contributed by atoms with van der Waals surface area (Å²) in [6.07, 6.45) is 3.13. The van der Waals surface area contributed by atoms with Crippen LogP contribution in [-0.2, 0) is 9.59 Å². The fourth-order valence-electron chi connectivity index (χ4n) is 3.66. The maximum Gasteiger partial charge on any atom is 0.325 e. The Bertz CT molecular complexity index is 511. The van der Waals surface area contributed by atoms with Gasteiger partial charge in [-0.3, -0.25) is 14.5 Å². The SMILES string of the molecule is CNCCNC(=O)CN1C(=O)NC2(CCC(C(C)(C)C)CC2)C1=O.Cl. The molecule has 1 aliphatic heterocycles. The van der Waals surface area contributed by atoms with E-state index in [9.17, 15) is 14.4 Å². The van der Waals surface area contributed by atoms with Crippen LogP contribution in [0.15, 0.2) is 0 Å². The lowest BCUT2D eigenvalue weighted by molar-refractivity contribution is -0.136. The molecule has 144 valence electrons. The van der Waals surface area contributed by atoms with E-state index in [2.05, 4.69) is 36.7 Å². The number of carbonyl (C=O) groups is 3. The zero-order valence-corrected chi connectivity index (χ0v) is 16.4. The molecule has 8 heteroatoms. The highest BCUT2D eigenvalue weighted by atomic mass is 35.5. The van der Waals surface area contributed by atoms with Crippen molar-refractivity contribution in [3.05, 3.63) is 0 Å². The number of nitrogens with one attached hydrogen (secondary N) is 3. The molecule has 1 saturated heterocycles. The summed E-state index contributed by atoms with van der Waals surface area (Å²) in [6, 6.07) is -0.446. The Morgan fingerprint density at radius 3 is 2.36 bits per heavy atom. The highest BCUT2D eigenvalue weighted by molar-refractivity contribution is 6.09. The molecular formula is C17H31ClN4O3. The molecule has 0 atom stereocenters. The number of likely N-dealkylation sites (N-methyl/N-ethyl adjacent to an activating group) is 1. The molecule has 2 aliphatic rings. The molecule has 0 radical (unpaired) electrons. The van der Waals surface area contributed by atoms with E-state index in [0.29, 0.717) is 31.8 Å². The standard InChI is InChI=1S/C17H30N4O3.ClH/c1-16(2,3)12-5-7-17(8-6-12)14(23)21(15(24)20-17)11-13(22)19-10-9-18-4;/h12,18H,5-11H2,1-4H3,(H,19,22)(H,20,24);1H. The molecule has 1 spiro atoms. The Balaban J connectivity index is 0.00000312. The third-order valence-corrected chi connectivity index (χ3v) is 5.31. The number of rotatable bonds is 5. The fourth-order valence-corrected chi connectivity index (χ4v) is 3.66. The van der Waals surface area contributed by atoms with Crippen molar-refractivity contribution < 1.29 is 14.4 Å². The second-order valence-electron chi connectivity index (χ2n) is 8.00. The van der Waals surface area contributed by atoms with Crippen molar-refractivity contribution in [2.75, 3.05) is 26.7 Å². The molecular weight excluding hydrogens is 344 g/mol. The number of urea groups is 1. The third-order valence-electron chi connectivity index (χ3n) is 5.31. The molecule has 7 nitrogen and oxygen atoms in total. The Morgan fingerprint density at radius 2 is 1.84 bits per heavy atom. The Morgan fingerprint density at radius 1 is 1.24 bits per heavy atom. The molecule has 0 aromatic rings. The fraction of sp³-hybridized carbons (Fsp3) is 0.824. The topological polar surface area (TPSA) is 90.5 Å². The molecule has 0 unspecified atom stereocenters. The number of carbonyl (C=O) groups excluding carboxylic acids is 3. The monoisotopic (exact) mass is 374 g/mol. The van der Waals surface area contributed by atoms with Gasteiger partial charge in [0, 0.05) is 13.1 Å². The van der Waals surface area contributed by atoms with Crippen molar-refractivity contribution in [3.8, 4) is 0 Å². The molecule has 1 aliphatic carbocycles. The summed E-state index contributed by atoms with van der Waals surface area (Å²) in [6.45, 7) is 7.55. The van der Waals surface area contributed by atoms with Gasteiger partial charge in [0.05, 0.1) is 0 Å². The van der Waals surface area contributed by atoms with Crippen molar-refractivity contribution in [1.29, 1.82) is 0 Å². The third kappa shape index (κ3) is 4.85. The molecule has 0 aromatic carbocycles. The lowest BCUT2D eigenvalue weighted by Gasteiger charge is -2.40. The van der Waals surface area contributed by atoms with Crippen LogP contribution in [0.5, 0.6) is 0 Å². The first-order valence-corrected chi connectivity index (χ1v) is 8.75. The van der Waals surface area contributed by atoms with E-state index in [0.717, 1.165) is 17.7 Å². The average molecular weight is 375 g/mol. The average Bonchev–Trinajstić information content (AvgIpc) is 2.71. The van der Waals surface area contributed by atoms with Gasteiger partial charge in [0.15, 0.2) is 0 Å². The maximum atomic E-state index is 12.8. The predicted molar refractivity (Wildman–Crippen MR) is 98.6 cm³/mol. The van der Waals surface area contributed by atoms with Gasteiger partial charge in [0.2, 0.25) is 5.91 Å². The largest absolute Gasteiger partial charge is 0.353 e. The second-order valence-corrected chi connectivity index (χ2v) is 8.00. The van der Waals surface area contributed by atoms with Crippen LogP contribution in [0, 0.1) is 11.3 Å². The summed E-state index contributed by atoms with van der Waals surface area (Å²) in [5, 5.41) is 8.48. The lowest BCUT2D eigenvalue weighted by Crippen LogP contribution is -2.51. The highest BCUT2D eigenvalue weighted by Crippen LogP contribution is 2.43. The highest BCUT2D eigenvalue weighted by Gasteiger charge is 2.53. The van der Waals surface area contributed by atoms with Gasteiger partial charge in [-0.2, -0.15) is 0 Å². The zero-order valence-electron chi connectivity index (χ0n) is 15.6. The summed E-state index contributed by atoms with van der Waals surface area (Å²) >= 11 is 0. The molecule has 1 saturated carbocycles. The van der Waals surface area contributed by atoms with Crippen molar-refractivity contribution in [1.82, 2.24) is 20.9 Å². The van der Waals surface area contributed by atoms with Crippen LogP contribution in [0.1, 0.15) is 46.5 Å². The lowest BCUT2D eigenvalue weighted by atomic mass is 9.67. The second kappa shape index (κ2) is 8.36. The van der Waals surface area contributed by atoms with E-state index < -0.39 is 11.6 Å². The van der Waals surface area contributed by atoms with Crippen molar-refractivity contribution >= 4 is 30.3 Å². The number of nitrogens with zero attached hydrogens (tertiary/aromatic N) is 1. The summed E-state index contributed by atoms with van der Waals surface area (Å²) in [7, 11) is 1.79. The predicted octanol–water partition coefficient (Wildman–Crippen LogP) is 1.27. The molecule has 0 bridgehead atoms. The van der Waals surface area contributed by atoms with Crippen molar-refractivity contribution in [2.24, 2.45) is 11.3 Å². The Labute approximate surface area is 156 Å². The van der Waals surface area contributed by atoms with Gasteiger partial charge in [-0.15, -0.1) is 12.4 Å². The number of imide groups is 1. The first kappa shape index (κ1) is 21.7. The van der Waals surface area contributed by atoms with E-state index in [1.807, 2.05) is 0 Å². The number of hydrogen-bond donors (Lipinski definition) is 3. The maximum absolute atomic E-state index is 12.8. The molecule has 0 aromatic heterocycles. The summed E-state index contributed by atoms with van der Waals surface area (Å²) in [5.41, 5.74) is -0.593. The quantitative estimate of drug-likeness (QED) is 0.499. The molecule has 2 fully saturated rings. The van der Waals surface area contributed by atoms with Crippen LogP contribution in [0.25, 0.3) is 0 Å². The Hall–Kier alpha value is -1.34. The van der Waals surface area contributed by atoms with Crippen LogP contribution in [0.2, 0.25) is 0 Å². The van der Waals surface area contributed by atoms with E-state index in [4.69, 9.17) is 0 Å². The van der Waals surface area contributed by atoms with Crippen LogP contribution in [-0.4, -0.2) is 55.0 Å². The van der Waals surface area contributed by atoms with Gasteiger partial charge >= 0.3 is 6.03 Å². The van der Waals surface area contributed by atoms with Crippen LogP contribution in [0.3, 0.4) is 0 Å². The van der Waals surface area contributed by atoms with Gasteiger partial charge in [-0.25, -0.2) is 4.79 Å². The minimum Gasteiger partial charge on any atom is -0.353 e. The van der Waals surface area contributed by atoms with E-state index in [-0.39, 0.29) is 36.2 Å². The van der Waals surface area contributed by atoms with E-state index >= 15 is 0 Å². The van der Waals surface area contributed by atoms with Gasteiger partial charge in [0.25, 0.3) is 5.91 Å². The first-order valence-electron chi connectivity index (χ1n) is 8.75. The molecule has 3 N–H and O–H groups in total.